The number of nitrogens with zero attached hydrogens (tertiary/aromatic N) is 2. The van der Waals surface area contributed by atoms with Crippen LogP contribution in [0.3, 0.4) is 0 Å². The summed E-state index contributed by atoms with van der Waals surface area (Å²) < 4.78 is 45.7. The van der Waals surface area contributed by atoms with E-state index in [1.165, 1.54) is 27.4 Å². The van der Waals surface area contributed by atoms with Gasteiger partial charge in [0.15, 0.2) is 6.54 Å². The van der Waals surface area contributed by atoms with E-state index in [4.69, 9.17) is 4.74 Å². The molecule has 9 heteroatoms. The summed E-state index contributed by atoms with van der Waals surface area (Å²) in [6.45, 7) is 7.14. The predicted molar refractivity (Wildman–Crippen MR) is 97.3 cm³/mol. The second-order valence-corrected chi connectivity index (χ2v) is 9.27. The van der Waals surface area contributed by atoms with E-state index < -0.39 is 15.8 Å². The number of morpholine rings is 1. The molecule has 2 saturated heterocycles. The zero-order valence-corrected chi connectivity index (χ0v) is 16.5. The maximum absolute atomic E-state index is 13.4. The SMILES string of the molecule is C[C@@H]1C[NH+](CC(=O)N2CCN(S(=O)(=O)c3cccc(F)c3)CC2)C[C@@H](C)O1. The van der Waals surface area contributed by atoms with Gasteiger partial charge in [0, 0.05) is 26.2 Å². The molecule has 0 aromatic heterocycles. The van der Waals surface area contributed by atoms with E-state index in [-0.39, 0.29) is 36.1 Å². The summed E-state index contributed by atoms with van der Waals surface area (Å²) in [6, 6.07) is 5.01. The molecule has 3 rings (SSSR count). The summed E-state index contributed by atoms with van der Waals surface area (Å²) in [7, 11) is -3.74. The van der Waals surface area contributed by atoms with E-state index >= 15 is 0 Å². The highest BCUT2D eigenvalue weighted by Gasteiger charge is 2.33. The fourth-order valence-electron chi connectivity index (χ4n) is 3.81. The molecule has 1 aromatic rings. The highest BCUT2D eigenvalue weighted by Crippen LogP contribution is 2.18. The maximum Gasteiger partial charge on any atom is 0.277 e. The molecule has 1 amide bonds. The summed E-state index contributed by atoms with van der Waals surface area (Å²) in [5.74, 6) is -0.545. The van der Waals surface area contributed by atoms with Crippen LogP contribution < -0.4 is 4.90 Å². The highest BCUT2D eigenvalue weighted by molar-refractivity contribution is 7.89. The van der Waals surface area contributed by atoms with Crippen molar-refractivity contribution < 1.29 is 27.2 Å². The van der Waals surface area contributed by atoms with Gasteiger partial charge in [-0.1, -0.05) is 6.07 Å². The summed E-state index contributed by atoms with van der Waals surface area (Å²) >= 11 is 0. The van der Waals surface area contributed by atoms with Crippen molar-refractivity contribution in [2.45, 2.75) is 31.0 Å². The minimum Gasteiger partial charge on any atom is -0.364 e. The summed E-state index contributed by atoms with van der Waals surface area (Å²) in [5, 5.41) is 0. The molecule has 2 atom stereocenters. The number of ether oxygens (including phenoxy) is 1. The number of rotatable bonds is 4. The largest absolute Gasteiger partial charge is 0.364 e. The van der Waals surface area contributed by atoms with Gasteiger partial charge in [-0.15, -0.1) is 0 Å². The number of piperazine rings is 1. The molecular weight excluding hydrogens is 373 g/mol. The van der Waals surface area contributed by atoms with Crippen molar-refractivity contribution in [1.82, 2.24) is 9.21 Å². The molecule has 0 spiro atoms. The van der Waals surface area contributed by atoms with Crippen LogP contribution in [0.4, 0.5) is 4.39 Å². The fourth-order valence-corrected chi connectivity index (χ4v) is 5.27. The van der Waals surface area contributed by atoms with Crippen molar-refractivity contribution >= 4 is 15.9 Å². The highest BCUT2D eigenvalue weighted by atomic mass is 32.2. The first-order valence-corrected chi connectivity index (χ1v) is 10.7. The minimum atomic E-state index is -3.74. The van der Waals surface area contributed by atoms with Gasteiger partial charge in [-0.2, -0.15) is 4.31 Å². The lowest BCUT2D eigenvalue weighted by atomic mass is 10.2. The van der Waals surface area contributed by atoms with Gasteiger partial charge in [-0.05, 0) is 32.0 Å². The molecule has 2 aliphatic rings. The van der Waals surface area contributed by atoms with Crippen LogP contribution in [0, 0.1) is 5.82 Å². The van der Waals surface area contributed by atoms with Crippen LogP contribution in [0.2, 0.25) is 0 Å². The third kappa shape index (κ3) is 4.84. The predicted octanol–water partition coefficient (Wildman–Crippen LogP) is -0.649. The summed E-state index contributed by atoms with van der Waals surface area (Å²) in [6.07, 6.45) is 0.259. The number of amides is 1. The molecule has 0 unspecified atom stereocenters. The number of sulfonamides is 1. The number of carbonyl (C=O) groups is 1. The Hall–Kier alpha value is -1.55. The monoisotopic (exact) mass is 400 g/mol. The van der Waals surface area contributed by atoms with Crippen molar-refractivity contribution in [2.24, 2.45) is 0 Å². The van der Waals surface area contributed by atoms with Crippen LogP contribution in [0.25, 0.3) is 0 Å². The van der Waals surface area contributed by atoms with Crippen LogP contribution >= 0.6 is 0 Å². The molecule has 2 aliphatic heterocycles. The molecule has 7 nitrogen and oxygen atoms in total. The lowest BCUT2D eigenvalue weighted by Crippen LogP contribution is -3.16. The Morgan fingerprint density at radius 1 is 1.19 bits per heavy atom. The number of halogens is 1. The zero-order valence-electron chi connectivity index (χ0n) is 15.7. The first-order chi connectivity index (χ1) is 12.8. The minimum absolute atomic E-state index is 0.0362. The van der Waals surface area contributed by atoms with Gasteiger partial charge < -0.3 is 14.5 Å². The van der Waals surface area contributed by atoms with Crippen LogP contribution in [0.15, 0.2) is 29.2 Å². The average Bonchev–Trinajstić information content (AvgIpc) is 2.61. The van der Waals surface area contributed by atoms with Crippen LogP contribution in [0.5, 0.6) is 0 Å². The molecule has 0 aliphatic carbocycles. The van der Waals surface area contributed by atoms with Crippen molar-refractivity contribution in [1.29, 1.82) is 0 Å². The van der Waals surface area contributed by atoms with E-state index in [0.29, 0.717) is 19.6 Å². The number of hydrogen-bond acceptors (Lipinski definition) is 4. The lowest BCUT2D eigenvalue weighted by molar-refractivity contribution is -0.907. The van der Waals surface area contributed by atoms with Gasteiger partial charge in [0.1, 0.15) is 31.1 Å². The van der Waals surface area contributed by atoms with E-state index in [9.17, 15) is 17.6 Å². The first kappa shape index (κ1) is 20.2. The molecule has 0 bridgehead atoms. The summed E-state index contributed by atoms with van der Waals surface area (Å²) in [4.78, 5) is 15.5. The molecule has 2 fully saturated rings. The standard InChI is InChI=1S/C18H26FN3O4S/c1-14-11-20(12-15(2)26-14)13-18(23)21-6-8-22(9-7-21)27(24,25)17-5-3-4-16(19)10-17/h3-5,10,14-15H,6-9,11-13H2,1-2H3/p+1/t14-,15-/m1/s1. The van der Waals surface area contributed by atoms with Crippen molar-refractivity contribution in [3.05, 3.63) is 30.1 Å². The van der Waals surface area contributed by atoms with Crippen LogP contribution in [0.1, 0.15) is 13.8 Å². The number of benzene rings is 1. The Morgan fingerprint density at radius 2 is 1.81 bits per heavy atom. The topological polar surface area (TPSA) is 71.4 Å². The molecule has 27 heavy (non-hydrogen) atoms. The fraction of sp³-hybridized carbons (Fsp3) is 0.611. The Balaban J connectivity index is 1.56. The van der Waals surface area contributed by atoms with Crippen molar-refractivity contribution in [3.63, 3.8) is 0 Å². The van der Waals surface area contributed by atoms with Crippen molar-refractivity contribution in [3.8, 4) is 0 Å². The second-order valence-electron chi connectivity index (χ2n) is 7.33. The molecule has 2 heterocycles. The molecule has 1 N–H and O–H groups in total. The smallest absolute Gasteiger partial charge is 0.277 e. The van der Waals surface area contributed by atoms with E-state index in [1.807, 2.05) is 13.8 Å². The Morgan fingerprint density at radius 3 is 2.41 bits per heavy atom. The molecule has 150 valence electrons. The summed E-state index contributed by atoms with van der Waals surface area (Å²) in [5.41, 5.74) is 0. The third-order valence-electron chi connectivity index (χ3n) is 5.04. The Bertz CT molecular complexity index is 771. The van der Waals surface area contributed by atoms with Gasteiger partial charge in [-0.3, -0.25) is 4.79 Å². The van der Waals surface area contributed by atoms with E-state index in [1.54, 1.807) is 4.90 Å². The molecule has 1 aromatic carbocycles. The molecular formula is C18H27FN3O4S+. The average molecular weight is 400 g/mol. The first-order valence-electron chi connectivity index (χ1n) is 9.28. The van der Waals surface area contributed by atoms with E-state index in [0.717, 1.165) is 19.2 Å². The normalized spacial score (nSPS) is 27.5. The molecule has 0 saturated carbocycles. The van der Waals surface area contributed by atoms with Gasteiger partial charge in [0.25, 0.3) is 5.91 Å². The quantitative estimate of drug-likeness (QED) is 0.729. The van der Waals surface area contributed by atoms with Crippen LogP contribution in [-0.4, -0.2) is 81.6 Å². The maximum atomic E-state index is 13.4. The number of hydrogen-bond donors (Lipinski definition) is 1. The van der Waals surface area contributed by atoms with Gasteiger partial charge in [-0.25, -0.2) is 12.8 Å². The number of quaternary nitrogens is 1. The number of carbonyl (C=O) groups excluding carboxylic acids is 1. The Kier molecular flexibility index (Phi) is 6.15. The van der Waals surface area contributed by atoms with E-state index in [2.05, 4.69) is 0 Å². The van der Waals surface area contributed by atoms with Gasteiger partial charge in [0.05, 0.1) is 4.90 Å². The van der Waals surface area contributed by atoms with Gasteiger partial charge >= 0.3 is 0 Å². The van der Waals surface area contributed by atoms with Crippen LogP contribution in [-0.2, 0) is 19.6 Å². The molecule has 0 radical (unpaired) electrons. The second kappa shape index (κ2) is 8.22. The zero-order chi connectivity index (χ0) is 19.6. The number of nitrogens with one attached hydrogen (secondary N) is 1. The lowest BCUT2D eigenvalue weighted by Gasteiger charge is -2.36. The Labute approximate surface area is 159 Å². The van der Waals surface area contributed by atoms with Crippen molar-refractivity contribution in [2.75, 3.05) is 45.8 Å². The van der Waals surface area contributed by atoms with Gasteiger partial charge in [0.2, 0.25) is 10.0 Å². The third-order valence-corrected chi connectivity index (χ3v) is 6.94.